The van der Waals surface area contributed by atoms with E-state index in [-0.39, 0.29) is 5.41 Å². The summed E-state index contributed by atoms with van der Waals surface area (Å²) in [5.74, 6) is 0.816. The third-order valence-electron chi connectivity index (χ3n) is 2.76. The molecular weight excluding hydrogens is 228 g/mol. The Hall–Kier alpha value is -1.62. The van der Waals surface area contributed by atoms with Crippen LogP contribution in [0, 0.1) is 0 Å². The van der Waals surface area contributed by atoms with Crippen LogP contribution in [0.4, 0.5) is 0 Å². The molecule has 0 unspecified atom stereocenters. The van der Waals surface area contributed by atoms with Crippen molar-refractivity contribution >= 4 is 0 Å². The van der Waals surface area contributed by atoms with E-state index in [2.05, 4.69) is 31.0 Å². The summed E-state index contributed by atoms with van der Waals surface area (Å²) in [6, 6.07) is 1.94. The molecule has 0 aliphatic heterocycles. The molecule has 0 aliphatic rings. The minimum absolute atomic E-state index is 0.0242. The van der Waals surface area contributed by atoms with Crippen molar-refractivity contribution in [1.29, 1.82) is 0 Å². The molecule has 0 bridgehead atoms. The number of aryl methyl sites for hydroxylation is 1. The average molecular weight is 248 g/mol. The van der Waals surface area contributed by atoms with Gasteiger partial charge in [-0.1, -0.05) is 25.9 Å². The van der Waals surface area contributed by atoms with Gasteiger partial charge in [0.05, 0.1) is 5.69 Å². The molecule has 5 heteroatoms. The Morgan fingerprint density at radius 3 is 2.72 bits per heavy atom. The summed E-state index contributed by atoms with van der Waals surface area (Å²) in [6.07, 6.45) is 2.68. The van der Waals surface area contributed by atoms with Crippen molar-refractivity contribution in [3.63, 3.8) is 0 Å². The molecule has 18 heavy (non-hydrogen) atoms. The van der Waals surface area contributed by atoms with Crippen molar-refractivity contribution in [3.8, 4) is 11.3 Å². The molecule has 0 atom stereocenters. The van der Waals surface area contributed by atoms with Crippen LogP contribution >= 0.6 is 0 Å². The highest BCUT2D eigenvalue weighted by Crippen LogP contribution is 2.31. The Morgan fingerprint density at radius 2 is 2.11 bits per heavy atom. The van der Waals surface area contributed by atoms with E-state index in [9.17, 15) is 0 Å². The molecule has 2 aromatic rings. The number of nitrogens with zero attached hydrogens (tertiary/aromatic N) is 3. The minimum Gasteiger partial charge on any atom is -0.361 e. The van der Waals surface area contributed by atoms with Gasteiger partial charge in [0, 0.05) is 36.7 Å². The van der Waals surface area contributed by atoms with Gasteiger partial charge in [0.25, 0.3) is 0 Å². The lowest BCUT2D eigenvalue weighted by molar-refractivity contribution is 0.386. The summed E-state index contributed by atoms with van der Waals surface area (Å²) >= 11 is 0. The van der Waals surface area contributed by atoms with E-state index in [1.807, 2.05) is 24.0 Å². The first-order chi connectivity index (χ1) is 8.41. The molecule has 98 valence electrons. The van der Waals surface area contributed by atoms with Gasteiger partial charge in [-0.05, 0) is 6.54 Å². The summed E-state index contributed by atoms with van der Waals surface area (Å²) in [5, 5.41) is 8.63. The van der Waals surface area contributed by atoms with Crippen molar-refractivity contribution in [1.82, 2.24) is 14.9 Å². The highest BCUT2D eigenvalue weighted by Gasteiger charge is 2.24. The van der Waals surface area contributed by atoms with Crippen LogP contribution in [0.15, 0.2) is 16.8 Å². The highest BCUT2D eigenvalue weighted by molar-refractivity contribution is 5.62. The van der Waals surface area contributed by atoms with Gasteiger partial charge in [0.1, 0.15) is 11.5 Å². The second kappa shape index (κ2) is 4.57. The zero-order chi connectivity index (χ0) is 13.3. The topological polar surface area (TPSA) is 69.9 Å². The Bertz CT molecular complexity index is 533. The lowest BCUT2D eigenvalue weighted by atomic mass is 9.89. The first-order valence-corrected chi connectivity index (χ1v) is 6.12. The van der Waals surface area contributed by atoms with Gasteiger partial charge >= 0.3 is 0 Å². The first-order valence-electron chi connectivity index (χ1n) is 6.12. The minimum atomic E-state index is -0.0242. The molecule has 0 fully saturated rings. The van der Waals surface area contributed by atoms with Crippen LogP contribution in [0.2, 0.25) is 0 Å². The average Bonchev–Trinajstić information content (AvgIpc) is 2.84. The van der Waals surface area contributed by atoms with Crippen LogP contribution in [0.25, 0.3) is 11.3 Å². The molecule has 5 nitrogen and oxygen atoms in total. The number of nitrogens with two attached hydrogens (primary N) is 1. The maximum Gasteiger partial charge on any atom is 0.138 e. The molecule has 0 saturated heterocycles. The fourth-order valence-corrected chi connectivity index (χ4v) is 1.93. The van der Waals surface area contributed by atoms with E-state index >= 15 is 0 Å². The number of hydrogen-bond donors (Lipinski definition) is 1. The third kappa shape index (κ3) is 2.46. The molecule has 0 spiro atoms. The van der Waals surface area contributed by atoms with Gasteiger partial charge in [-0.15, -0.1) is 0 Å². The SMILES string of the molecule is Cn1cc(-c2cc(CCN)on2)c(C(C)(C)C)n1. The van der Waals surface area contributed by atoms with Crippen molar-refractivity contribution < 1.29 is 4.52 Å². The molecule has 2 heterocycles. The van der Waals surface area contributed by atoms with E-state index in [1.54, 1.807) is 0 Å². The Labute approximate surface area is 107 Å². The van der Waals surface area contributed by atoms with E-state index < -0.39 is 0 Å². The summed E-state index contributed by atoms with van der Waals surface area (Å²) in [5.41, 5.74) is 8.36. The normalized spacial score (nSPS) is 12.1. The van der Waals surface area contributed by atoms with Crippen LogP contribution in [-0.2, 0) is 18.9 Å². The van der Waals surface area contributed by atoms with Crippen molar-refractivity contribution in [3.05, 3.63) is 23.7 Å². The molecule has 2 N–H and O–H groups in total. The molecule has 2 aromatic heterocycles. The van der Waals surface area contributed by atoms with Crippen LogP contribution in [0.1, 0.15) is 32.2 Å². The van der Waals surface area contributed by atoms with Gasteiger partial charge < -0.3 is 10.3 Å². The van der Waals surface area contributed by atoms with Crippen molar-refractivity contribution in [2.24, 2.45) is 12.8 Å². The van der Waals surface area contributed by atoms with Crippen LogP contribution in [0.3, 0.4) is 0 Å². The van der Waals surface area contributed by atoms with E-state index in [1.165, 1.54) is 0 Å². The molecular formula is C13H20N4O. The zero-order valence-corrected chi connectivity index (χ0v) is 11.4. The van der Waals surface area contributed by atoms with Crippen molar-refractivity contribution in [2.75, 3.05) is 6.54 Å². The molecule has 0 aliphatic carbocycles. The smallest absolute Gasteiger partial charge is 0.138 e. The van der Waals surface area contributed by atoms with Crippen LogP contribution in [0.5, 0.6) is 0 Å². The maximum absolute atomic E-state index is 5.51. The highest BCUT2D eigenvalue weighted by atomic mass is 16.5. The second-order valence-electron chi connectivity index (χ2n) is 5.53. The molecule has 2 rings (SSSR count). The summed E-state index contributed by atoms with van der Waals surface area (Å²) in [7, 11) is 1.92. The number of hydrogen-bond acceptors (Lipinski definition) is 4. The third-order valence-corrected chi connectivity index (χ3v) is 2.76. The number of rotatable bonds is 3. The lowest BCUT2D eigenvalue weighted by Crippen LogP contribution is -2.13. The van der Waals surface area contributed by atoms with Gasteiger partial charge in [-0.3, -0.25) is 4.68 Å². The van der Waals surface area contributed by atoms with Crippen LogP contribution < -0.4 is 5.73 Å². The quantitative estimate of drug-likeness (QED) is 0.900. The summed E-state index contributed by atoms with van der Waals surface area (Å²) in [4.78, 5) is 0. The summed E-state index contributed by atoms with van der Waals surface area (Å²) in [6.45, 7) is 6.98. The fraction of sp³-hybridized carbons (Fsp3) is 0.538. The standard InChI is InChI=1S/C13H20N4O/c1-13(2,3)12-10(8-17(4)15-12)11-7-9(5-6-14)18-16-11/h7-8H,5-6,14H2,1-4H3. The van der Waals surface area contributed by atoms with Crippen molar-refractivity contribution in [2.45, 2.75) is 32.6 Å². The predicted molar refractivity (Wildman–Crippen MR) is 70.2 cm³/mol. The Kier molecular flexibility index (Phi) is 3.26. The Morgan fingerprint density at radius 1 is 1.39 bits per heavy atom. The van der Waals surface area contributed by atoms with Gasteiger partial charge in [0.2, 0.25) is 0 Å². The van der Waals surface area contributed by atoms with Gasteiger partial charge in [-0.25, -0.2) is 0 Å². The van der Waals surface area contributed by atoms with Gasteiger partial charge in [-0.2, -0.15) is 5.10 Å². The fourth-order valence-electron chi connectivity index (χ4n) is 1.93. The van der Waals surface area contributed by atoms with E-state index in [4.69, 9.17) is 10.3 Å². The predicted octanol–water partition coefficient (Wildman–Crippen LogP) is 1.87. The van der Waals surface area contributed by atoms with E-state index in [0.29, 0.717) is 13.0 Å². The molecule has 0 saturated carbocycles. The lowest BCUT2D eigenvalue weighted by Gasteiger charge is -2.16. The van der Waals surface area contributed by atoms with Crippen LogP contribution in [-0.4, -0.2) is 21.5 Å². The molecule has 0 aromatic carbocycles. The zero-order valence-electron chi connectivity index (χ0n) is 11.4. The largest absolute Gasteiger partial charge is 0.361 e. The van der Waals surface area contributed by atoms with Gasteiger partial charge in [0.15, 0.2) is 0 Å². The Balaban J connectivity index is 2.43. The van der Waals surface area contributed by atoms with E-state index in [0.717, 1.165) is 22.7 Å². The number of aromatic nitrogens is 3. The summed E-state index contributed by atoms with van der Waals surface area (Å²) < 4.78 is 7.08. The first kappa shape index (κ1) is 12.8. The second-order valence-corrected chi connectivity index (χ2v) is 5.53. The molecule has 0 amide bonds. The monoisotopic (exact) mass is 248 g/mol. The molecule has 0 radical (unpaired) electrons. The maximum atomic E-state index is 5.51.